The lowest BCUT2D eigenvalue weighted by Gasteiger charge is -2.39. The lowest BCUT2D eigenvalue weighted by atomic mass is 9.95. The number of piperidine rings is 1. The number of nitrogens with zero attached hydrogens (tertiary/aromatic N) is 1. The molecule has 19 heavy (non-hydrogen) atoms. The fraction of sp³-hybridized carbons (Fsp3) is 0.533. The zero-order valence-electron chi connectivity index (χ0n) is 11.5. The van der Waals surface area contributed by atoms with Crippen LogP contribution in [-0.2, 0) is 4.79 Å². The molecule has 1 amide bonds. The van der Waals surface area contributed by atoms with Crippen LogP contribution in [-0.4, -0.2) is 29.9 Å². The number of amides is 1. The maximum atomic E-state index is 11.6. The molecule has 2 atom stereocenters. The first-order chi connectivity index (χ1) is 9.13. The van der Waals surface area contributed by atoms with E-state index in [2.05, 4.69) is 30.0 Å². The second-order valence-electron chi connectivity index (χ2n) is 5.32. The van der Waals surface area contributed by atoms with Gasteiger partial charge in [-0.25, -0.2) is 0 Å². The highest BCUT2D eigenvalue weighted by atomic mass is 16.1. The second-order valence-corrected chi connectivity index (χ2v) is 5.32. The Morgan fingerprint density at radius 2 is 2.26 bits per heavy atom. The Hall–Kier alpha value is -1.39. The zero-order valence-corrected chi connectivity index (χ0v) is 11.5. The van der Waals surface area contributed by atoms with Gasteiger partial charge in [0.15, 0.2) is 0 Å². The molecule has 0 saturated carbocycles. The van der Waals surface area contributed by atoms with Gasteiger partial charge in [-0.2, -0.15) is 0 Å². The number of carbonyl (C=O) groups is 1. The van der Waals surface area contributed by atoms with E-state index in [4.69, 9.17) is 11.5 Å². The van der Waals surface area contributed by atoms with Gasteiger partial charge in [-0.3, -0.25) is 9.69 Å². The fourth-order valence-corrected chi connectivity index (χ4v) is 2.97. The molecule has 2 rings (SSSR count). The topological polar surface area (TPSA) is 72.3 Å². The van der Waals surface area contributed by atoms with E-state index in [-0.39, 0.29) is 18.0 Å². The number of rotatable bonds is 4. The van der Waals surface area contributed by atoms with Gasteiger partial charge in [0.1, 0.15) is 0 Å². The predicted molar refractivity (Wildman–Crippen MR) is 76.5 cm³/mol. The number of likely N-dealkylation sites (tertiary alicyclic amines) is 1. The van der Waals surface area contributed by atoms with E-state index in [0.717, 1.165) is 25.8 Å². The molecule has 4 nitrogen and oxygen atoms in total. The largest absolute Gasteiger partial charge is 0.368 e. The van der Waals surface area contributed by atoms with Gasteiger partial charge in [0.05, 0.1) is 6.04 Å². The molecule has 1 heterocycles. The van der Waals surface area contributed by atoms with Crippen LogP contribution in [0.5, 0.6) is 0 Å². The Balaban J connectivity index is 2.26. The molecule has 4 N–H and O–H groups in total. The number of hydrogen-bond donors (Lipinski definition) is 2. The molecule has 1 aromatic rings. The molecule has 0 bridgehead atoms. The third-order valence-corrected chi connectivity index (χ3v) is 3.92. The minimum absolute atomic E-state index is 0.0812. The number of nitrogens with two attached hydrogens (primary N) is 2. The first-order valence-corrected chi connectivity index (χ1v) is 6.95. The lowest BCUT2D eigenvalue weighted by molar-refractivity contribution is -0.125. The highest BCUT2D eigenvalue weighted by Gasteiger charge is 2.32. The van der Waals surface area contributed by atoms with Crippen molar-refractivity contribution in [1.29, 1.82) is 0 Å². The van der Waals surface area contributed by atoms with Crippen molar-refractivity contribution >= 4 is 5.91 Å². The van der Waals surface area contributed by atoms with E-state index >= 15 is 0 Å². The predicted octanol–water partition coefficient (Wildman–Crippen LogP) is 1.33. The van der Waals surface area contributed by atoms with Crippen molar-refractivity contribution in [2.45, 2.75) is 38.3 Å². The zero-order chi connectivity index (χ0) is 13.8. The van der Waals surface area contributed by atoms with Gasteiger partial charge in [0.2, 0.25) is 5.91 Å². The summed E-state index contributed by atoms with van der Waals surface area (Å²) in [5.41, 5.74) is 13.9. The first-order valence-electron chi connectivity index (χ1n) is 6.95. The summed E-state index contributed by atoms with van der Waals surface area (Å²) in [5, 5.41) is 0. The number of aryl methyl sites for hydroxylation is 1. The van der Waals surface area contributed by atoms with Crippen molar-refractivity contribution in [3.8, 4) is 0 Å². The average molecular weight is 261 g/mol. The number of carbonyl (C=O) groups excluding carboxylic acids is 1. The van der Waals surface area contributed by atoms with Crippen LogP contribution in [0.15, 0.2) is 24.3 Å². The molecule has 4 heteroatoms. The first kappa shape index (κ1) is 14.0. The molecule has 1 aromatic carbocycles. The maximum Gasteiger partial charge on any atom is 0.234 e. The Bertz CT molecular complexity index is 447. The van der Waals surface area contributed by atoms with E-state index in [1.54, 1.807) is 0 Å². The van der Waals surface area contributed by atoms with Gasteiger partial charge in [-0.1, -0.05) is 36.2 Å². The quantitative estimate of drug-likeness (QED) is 0.859. The van der Waals surface area contributed by atoms with Crippen molar-refractivity contribution in [3.63, 3.8) is 0 Å². The summed E-state index contributed by atoms with van der Waals surface area (Å²) in [6, 6.07) is 8.23. The van der Waals surface area contributed by atoms with Crippen LogP contribution in [0.25, 0.3) is 0 Å². The molecule has 0 spiro atoms. The van der Waals surface area contributed by atoms with Crippen molar-refractivity contribution in [3.05, 3.63) is 35.4 Å². The maximum absolute atomic E-state index is 11.6. The van der Waals surface area contributed by atoms with Crippen LogP contribution in [0.4, 0.5) is 0 Å². The molecule has 104 valence electrons. The van der Waals surface area contributed by atoms with Gasteiger partial charge in [-0.05, 0) is 31.9 Å². The molecule has 1 aliphatic rings. The standard InChI is InChI=1S/C15H23N3O/c1-11-5-4-6-12(9-11)14(10-16)18-8-3-2-7-13(18)15(17)19/h4-6,9,13-14H,2-3,7-8,10,16H2,1H3,(H2,17,19). The molecular weight excluding hydrogens is 238 g/mol. The molecular formula is C15H23N3O. The van der Waals surface area contributed by atoms with Gasteiger partial charge >= 0.3 is 0 Å². The molecule has 0 aromatic heterocycles. The monoisotopic (exact) mass is 261 g/mol. The normalized spacial score (nSPS) is 22.1. The third kappa shape index (κ3) is 3.14. The summed E-state index contributed by atoms with van der Waals surface area (Å²) < 4.78 is 0. The van der Waals surface area contributed by atoms with Crippen LogP contribution in [0, 0.1) is 6.92 Å². The highest BCUT2D eigenvalue weighted by molar-refractivity contribution is 5.80. The van der Waals surface area contributed by atoms with Gasteiger partial charge in [0.25, 0.3) is 0 Å². The van der Waals surface area contributed by atoms with E-state index in [1.165, 1.54) is 11.1 Å². The van der Waals surface area contributed by atoms with E-state index < -0.39 is 0 Å². The Kier molecular flexibility index (Phi) is 4.56. The fourth-order valence-electron chi connectivity index (χ4n) is 2.97. The average Bonchev–Trinajstić information content (AvgIpc) is 2.40. The summed E-state index contributed by atoms with van der Waals surface area (Å²) in [4.78, 5) is 13.8. The van der Waals surface area contributed by atoms with Crippen molar-refractivity contribution in [2.75, 3.05) is 13.1 Å². The van der Waals surface area contributed by atoms with Crippen molar-refractivity contribution < 1.29 is 4.79 Å². The minimum atomic E-state index is -0.231. The highest BCUT2D eigenvalue weighted by Crippen LogP contribution is 2.28. The summed E-state index contributed by atoms with van der Waals surface area (Å²) >= 11 is 0. The lowest BCUT2D eigenvalue weighted by Crippen LogP contribution is -2.50. The molecule has 1 aliphatic heterocycles. The SMILES string of the molecule is Cc1cccc(C(CN)N2CCCCC2C(N)=O)c1. The summed E-state index contributed by atoms with van der Waals surface area (Å²) in [5.74, 6) is -0.231. The van der Waals surface area contributed by atoms with Crippen LogP contribution < -0.4 is 11.5 Å². The Labute approximate surface area is 114 Å². The number of benzene rings is 1. The number of primary amides is 1. The van der Waals surface area contributed by atoms with E-state index in [1.807, 2.05) is 6.07 Å². The Morgan fingerprint density at radius 1 is 1.47 bits per heavy atom. The Morgan fingerprint density at radius 3 is 2.89 bits per heavy atom. The van der Waals surface area contributed by atoms with Crippen LogP contribution in [0.3, 0.4) is 0 Å². The van der Waals surface area contributed by atoms with E-state index in [0.29, 0.717) is 6.54 Å². The van der Waals surface area contributed by atoms with Crippen LogP contribution in [0.2, 0.25) is 0 Å². The molecule has 0 aliphatic carbocycles. The van der Waals surface area contributed by atoms with Crippen molar-refractivity contribution in [1.82, 2.24) is 4.90 Å². The summed E-state index contributed by atoms with van der Waals surface area (Å²) in [6.07, 6.45) is 3.01. The summed E-state index contributed by atoms with van der Waals surface area (Å²) in [7, 11) is 0. The van der Waals surface area contributed by atoms with Gasteiger partial charge in [0, 0.05) is 12.6 Å². The van der Waals surface area contributed by atoms with Gasteiger partial charge in [-0.15, -0.1) is 0 Å². The van der Waals surface area contributed by atoms with E-state index in [9.17, 15) is 4.79 Å². The van der Waals surface area contributed by atoms with Crippen LogP contribution >= 0.6 is 0 Å². The molecule has 2 unspecified atom stereocenters. The molecule has 1 fully saturated rings. The summed E-state index contributed by atoms with van der Waals surface area (Å²) in [6.45, 7) is 3.47. The van der Waals surface area contributed by atoms with Gasteiger partial charge < -0.3 is 11.5 Å². The molecule has 1 saturated heterocycles. The third-order valence-electron chi connectivity index (χ3n) is 3.92. The molecule has 0 radical (unpaired) electrons. The van der Waals surface area contributed by atoms with Crippen LogP contribution in [0.1, 0.15) is 36.4 Å². The van der Waals surface area contributed by atoms with Crippen molar-refractivity contribution in [2.24, 2.45) is 11.5 Å². The second kappa shape index (κ2) is 6.17. The smallest absolute Gasteiger partial charge is 0.234 e. The minimum Gasteiger partial charge on any atom is -0.368 e. The number of hydrogen-bond acceptors (Lipinski definition) is 3.